The Balaban J connectivity index is 2.21. The second-order valence-electron chi connectivity index (χ2n) is 9.99. The second kappa shape index (κ2) is 7.50. The topological polar surface area (TPSA) is 4.93 Å². The van der Waals surface area contributed by atoms with Crippen LogP contribution in [-0.4, -0.2) is 4.57 Å². The summed E-state index contributed by atoms with van der Waals surface area (Å²) in [6.07, 6.45) is 0. The molecule has 0 saturated carbocycles. The third-order valence-electron chi connectivity index (χ3n) is 5.69. The summed E-state index contributed by atoms with van der Waals surface area (Å²) in [5.74, 6) is 0. The molecule has 0 aliphatic carbocycles. The molecule has 0 atom stereocenters. The summed E-state index contributed by atoms with van der Waals surface area (Å²) >= 11 is 11.4. The predicted octanol–water partition coefficient (Wildman–Crippen LogP) is 9.67. The molecule has 3 aromatic carbocycles. The first-order valence-electron chi connectivity index (χ1n) is 10.1. The van der Waals surface area contributed by atoms with E-state index < -0.39 is 0 Å². The van der Waals surface area contributed by atoms with Crippen LogP contribution in [0.15, 0.2) is 61.9 Å². The summed E-state index contributed by atoms with van der Waals surface area (Å²) in [6, 6.07) is 17.8. The fraction of sp³-hybridized carbons (Fsp3) is 0.308. The summed E-state index contributed by atoms with van der Waals surface area (Å²) in [5.41, 5.74) is 6.34. The summed E-state index contributed by atoms with van der Waals surface area (Å²) in [4.78, 5) is 0. The van der Waals surface area contributed by atoms with Crippen molar-refractivity contribution in [2.24, 2.45) is 0 Å². The zero-order valence-electron chi connectivity index (χ0n) is 18.2. The van der Waals surface area contributed by atoms with E-state index in [0.29, 0.717) is 0 Å². The molecule has 0 aliphatic rings. The minimum Gasteiger partial charge on any atom is -0.308 e. The lowest BCUT2D eigenvalue weighted by Gasteiger charge is -2.22. The number of halogens is 3. The Morgan fingerprint density at radius 3 is 1.87 bits per heavy atom. The molecule has 4 heteroatoms. The van der Waals surface area contributed by atoms with E-state index in [-0.39, 0.29) is 10.8 Å². The molecule has 4 rings (SSSR count). The van der Waals surface area contributed by atoms with E-state index in [0.717, 1.165) is 19.1 Å². The zero-order chi connectivity index (χ0) is 22.0. The summed E-state index contributed by atoms with van der Waals surface area (Å²) < 4.78 is 5.67. The molecule has 0 unspecified atom stereocenters. The highest BCUT2D eigenvalue weighted by atomic mass is 79.9. The van der Waals surface area contributed by atoms with E-state index in [2.05, 4.69) is 142 Å². The lowest BCUT2D eigenvalue weighted by Crippen LogP contribution is -2.12. The van der Waals surface area contributed by atoms with Crippen molar-refractivity contribution in [3.8, 4) is 5.69 Å². The van der Waals surface area contributed by atoms with Gasteiger partial charge in [-0.25, -0.2) is 0 Å². The average Bonchev–Trinajstić information content (AvgIpc) is 2.97. The molecule has 1 aromatic heterocycles. The summed E-state index contributed by atoms with van der Waals surface area (Å²) in [5, 5.41) is 2.57. The van der Waals surface area contributed by atoms with E-state index in [4.69, 9.17) is 0 Å². The van der Waals surface area contributed by atoms with Gasteiger partial charge in [0.1, 0.15) is 0 Å². The minimum absolute atomic E-state index is 0.0310. The van der Waals surface area contributed by atoms with E-state index in [1.54, 1.807) is 0 Å². The van der Waals surface area contributed by atoms with Crippen LogP contribution in [0.4, 0.5) is 0 Å². The molecule has 156 valence electrons. The lowest BCUT2D eigenvalue weighted by atomic mass is 9.85. The molecule has 0 radical (unpaired) electrons. The van der Waals surface area contributed by atoms with Gasteiger partial charge < -0.3 is 4.57 Å². The number of rotatable bonds is 1. The smallest absolute Gasteiger partial charge is 0.0694 e. The first-order valence-corrected chi connectivity index (χ1v) is 12.5. The SMILES string of the molecule is CC(C)(C)c1ccc2c(c1)c1cc(C(C)(C)C)c(Br)c(Br)c1n2-c1ccc(Br)cc1. The molecular weight excluding hydrogens is 566 g/mol. The van der Waals surface area contributed by atoms with Gasteiger partial charge in [0.2, 0.25) is 0 Å². The van der Waals surface area contributed by atoms with Crippen molar-refractivity contribution in [3.63, 3.8) is 0 Å². The van der Waals surface area contributed by atoms with Gasteiger partial charge in [-0.05, 0) is 96.3 Å². The van der Waals surface area contributed by atoms with Crippen LogP contribution in [0.3, 0.4) is 0 Å². The molecule has 0 amide bonds. The first kappa shape index (κ1) is 22.1. The Bertz CT molecular complexity index is 1270. The van der Waals surface area contributed by atoms with E-state index >= 15 is 0 Å². The fourth-order valence-electron chi connectivity index (χ4n) is 3.98. The van der Waals surface area contributed by atoms with Gasteiger partial charge in [-0.15, -0.1) is 0 Å². The third kappa shape index (κ3) is 3.69. The van der Waals surface area contributed by atoms with Crippen LogP contribution in [0.25, 0.3) is 27.5 Å². The highest BCUT2D eigenvalue weighted by Crippen LogP contribution is 2.45. The van der Waals surface area contributed by atoms with Crippen molar-refractivity contribution in [1.82, 2.24) is 4.57 Å². The van der Waals surface area contributed by atoms with Crippen LogP contribution < -0.4 is 0 Å². The molecule has 0 aliphatic heterocycles. The molecule has 0 saturated heterocycles. The Hall–Kier alpha value is -1.10. The number of fused-ring (bicyclic) bond motifs is 3. The Labute approximate surface area is 204 Å². The molecule has 1 nitrogen and oxygen atoms in total. The monoisotopic (exact) mass is 589 g/mol. The van der Waals surface area contributed by atoms with Gasteiger partial charge >= 0.3 is 0 Å². The number of aromatic nitrogens is 1. The molecular formula is C26H26Br3N. The largest absolute Gasteiger partial charge is 0.308 e. The van der Waals surface area contributed by atoms with Crippen LogP contribution in [0.2, 0.25) is 0 Å². The maximum Gasteiger partial charge on any atom is 0.0694 e. The van der Waals surface area contributed by atoms with Crippen molar-refractivity contribution < 1.29 is 0 Å². The minimum atomic E-state index is 0.0310. The van der Waals surface area contributed by atoms with Crippen LogP contribution in [0.5, 0.6) is 0 Å². The molecule has 0 spiro atoms. The van der Waals surface area contributed by atoms with Crippen molar-refractivity contribution in [3.05, 3.63) is 73.1 Å². The molecule has 0 bridgehead atoms. The van der Waals surface area contributed by atoms with Crippen LogP contribution in [-0.2, 0) is 10.8 Å². The number of benzene rings is 3. The lowest BCUT2D eigenvalue weighted by molar-refractivity contribution is 0.587. The van der Waals surface area contributed by atoms with Gasteiger partial charge in [0.05, 0.1) is 15.5 Å². The van der Waals surface area contributed by atoms with E-state index in [9.17, 15) is 0 Å². The third-order valence-corrected chi connectivity index (χ3v) is 8.35. The quantitative estimate of drug-likeness (QED) is 0.208. The number of hydrogen-bond acceptors (Lipinski definition) is 0. The maximum absolute atomic E-state index is 3.95. The van der Waals surface area contributed by atoms with E-state index in [1.165, 1.54) is 32.9 Å². The highest BCUT2D eigenvalue weighted by molar-refractivity contribution is 9.13. The highest BCUT2D eigenvalue weighted by Gasteiger charge is 2.25. The van der Waals surface area contributed by atoms with Gasteiger partial charge in [0.25, 0.3) is 0 Å². The van der Waals surface area contributed by atoms with Gasteiger partial charge in [-0.3, -0.25) is 0 Å². The maximum atomic E-state index is 3.95. The van der Waals surface area contributed by atoms with E-state index in [1.807, 2.05) is 0 Å². The van der Waals surface area contributed by atoms with Crippen molar-refractivity contribution >= 4 is 69.6 Å². The van der Waals surface area contributed by atoms with Crippen molar-refractivity contribution in [2.45, 2.75) is 52.4 Å². The Kier molecular flexibility index (Phi) is 5.52. The Morgan fingerprint density at radius 2 is 1.30 bits per heavy atom. The van der Waals surface area contributed by atoms with Gasteiger partial charge in [0, 0.05) is 25.4 Å². The first-order chi connectivity index (χ1) is 13.9. The predicted molar refractivity (Wildman–Crippen MR) is 141 cm³/mol. The average molecular weight is 592 g/mol. The van der Waals surface area contributed by atoms with Gasteiger partial charge in [-0.2, -0.15) is 0 Å². The fourth-order valence-corrected chi connectivity index (χ4v) is 5.74. The molecule has 4 aromatic rings. The number of hydrogen-bond donors (Lipinski definition) is 0. The van der Waals surface area contributed by atoms with Crippen molar-refractivity contribution in [1.29, 1.82) is 0 Å². The second-order valence-corrected chi connectivity index (χ2v) is 12.5. The Morgan fingerprint density at radius 1 is 0.667 bits per heavy atom. The number of nitrogens with zero attached hydrogens (tertiary/aromatic N) is 1. The molecule has 0 fully saturated rings. The molecule has 30 heavy (non-hydrogen) atoms. The van der Waals surface area contributed by atoms with Crippen LogP contribution in [0, 0.1) is 0 Å². The molecule has 1 heterocycles. The summed E-state index contributed by atoms with van der Waals surface area (Å²) in [7, 11) is 0. The standard InChI is InChI=1S/C26H26Br3N/c1-25(2,3)15-7-12-21-18(13-15)19-14-20(26(4,5)6)22(28)23(29)24(19)30(21)17-10-8-16(27)9-11-17/h7-14H,1-6H3. The molecule has 0 N–H and O–H groups in total. The van der Waals surface area contributed by atoms with Gasteiger partial charge in [0.15, 0.2) is 0 Å². The van der Waals surface area contributed by atoms with Crippen LogP contribution in [0.1, 0.15) is 52.7 Å². The van der Waals surface area contributed by atoms with Crippen molar-refractivity contribution in [2.75, 3.05) is 0 Å². The van der Waals surface area contributed by atoms with Gasteiger partial charge in [-0.1, -0.05) is 63.5 Å². The van der Waals surface area contributed by atoms with Crippen LogP contribution >= 0.6 is 47.8 Å². The summed E-state index contributed by atoms with van der Waals surface area (Å²) in [6.45, 7) is 13.6. The zero-order valence-corrected chi connectivity index (χ0v) is 23.0. The normalized spacial score (nSPS) is 12.8.